The maximum atomic E-state index is 12.3. The zero-order chi connectivity index (χ0) is 17.4. The van der Waals surface area contributed by atoms with E-state index in [9.17, 15) is 9.59 Å². The van der Waals surface area contributed by atoms with Crippen LogP contribution in [0.3, 0.4) is 0 Å². The zero-order valence-electron chi connectivity index (χ0n) is 13.4. The Kier molecular flexibility index (Phi) is 4.13. The number of benzene rings is 2. The average Bonchev–Trinajstić information content (AvgIpc) is 3.24. The highest BCUT2D eigenvalue weighted by Gasteiger charge is 2.34. The van der Waals surface area contributed by atoms with E-state index in [1.54, 1.807) is 0 Å². The van der Waals surface area contributed by atoms with Crippen LogP contribution in [0.5, 0.6) is 0 Å². The van der Waals surface area contributed by atoms with Gasteiger partial charge < -0.3 is 9.84 Å². The number of amides is 1. The monoisotopic (exact) mass is 355 g/mol. The summed E-state index contributed by atoms with van der Waals surface area (Å²) in [7, 11) is 0. The molecular weight excluding hydrogens is 338 g/mol. The number of thioether (sulfide) groups is 1. The van der Waals surface area contributed by atoms with E-state index in [0.29, 0.717) is 5.88 Å². The Morgan fingerprint density at radius 3 is 2.24 bits per heavy atom. The molecule has 25 heavy (non-hydrogen) atoms. The Balaban J connectivity index is 1.48. The topological polar surface area (TPSA) is 66.8 Å². The quantitative estimate of drug-likeness (QED) is 0.914. The predicted molar refractivity (Wildman–Crippen MR) is 95.7 cm³/mol. The van der Waals surface area contributed by atoms with Crippen molar-refractivity contribution in [3.63, 3.8) is 0 Å². The second-order valence-electron chi connectivity index (χ2n) is 6.15. The third kappa shape index (κ3) is 2.87. The molecule has 0 radical (unpaired) electrons. The van der Waals surface area contributed by atoms with Crippen molar-refractivity contribution in [1.82, 2.24) is 4.90 Å². The Morgan fingerprint density at radius 1 is 1.08 bits per heavy atom. The molecule has 2 aromatic rings. The first-order chi connectivity index (χ1) is 12.1. The highest BCUT2D eigenvalue weighted by Crippen LogP contribution is 2.44. The van der Waals surface area contributed by atoms with Gasteiger partial charge >= 0.3 is 12.1 Å². The van der Waals surface area contributed by atoms with Crippen molar-refractivity contribution in [3.8, 4) is 11.1 Å². The van der Waals surface area contributed by atoms with Gasteiger partial charge in [-0.3, -0.25) is 9.69 Å². The molecule has 1 N–H and O–H groups in total. The summed E-state index contributed by atoms with van der Waals surface area (Å²) in [6, 6.07) is 16.3. The van der Waals surface area contributed by atoms with Crippen molar-refractivity contribution in [2.24, 2.45) is 0 Å². The van der Waals surface area contributed by atoms with E-state index in [1.807, 2.05) is 24.3 Å². The minimum atomic E-state index is -0.890. The van der Waals surface area contributed by atoms with Crippen molar-refractivity contribution in [2.75, 3.05) is 19.0 Å². The second-order valence-corrected chi connectivity index (χ2v) is 7.31. The minimum Gasteiger partial charge on any atom is -0.480 e. The number of nitrogens with zero attached hydrogens (tertiary/aromatic N) is 1. The average molecular weight is 355 g/mol. The van der Waals surface area contributed by atoms with E-state index in [-0.39, 0.29) is 19.1 Å². The number of hydrogen-bond acceptors (Lipinski definition) is 4. The molecule has 0 aromatic heterocycles. The van der Waals surface area contributed by atoms with Crippen molar-refractivity contribution < 1.29 is 19.4 Å². The number of carbonyl (C=O) groups excluding carboxylic acids is 1. The predicted octanol–water partition coefficient (Wildman–Crippen LogP) is 3.40. The van der Waals surface area contributed by atoms with Crippen LogP contribution in [-0.4, -0.2) is 46.3 Å². The third-order valence-electron chi connectivity index (χ3n) is 4.69. The Morgan fingerprint density at radius 2 is 1.68 bits per heavy atom. The molecule has 1 saturated heterocycles. The summed E-state index contributed by atoms with van der Waals surface area (Å²) in [5.74, 6) is -0.519. The van der Waals surface area contributed by atoms with Gasteiger partial charge in [-0.1, -0.05) is 48.5 Å². The van der Waals surface area contributed by atoms with E-state index >= 15 is 0 Å². The van der Waals surface area contributed by atoms with Crippen LogP contribution in [0.2, 0.25) is 0 Å². The van der Waals surface area contributed by atoms with Crippen LogP contribution in [0.4, 0.5) is 4.79 Å². The van der Waals surface area contributed by atoms with Crippen LogP contribution in [0.15, 0.2) is 48.5 Å². The molecule has 2 aliphatic rings. The molecule has 0 saturated carbocycles. The van der Waals surface area contributed by atoms with Gasteiger partial charge in [0.05, 0.1) is 5.88 Å². The van der Waals surface area contributed by atoms with Crippen LogP contribution in [0.25, 0.3) is 11.1 Å². The van der Waals surface area contributed by atoms with Gasteiger partial charge in [-0.2, -0.15) is 0 Å². The Labute approximate surface area is 149 Å². The van der Waals surface area contributed by atoms with Gasteiger partial charge in [0.1, 0.15) is 11.9 Å². The molecule has 1 aliphatic carbocycles. The van der Waals surface area contributed by atoms with Gasteiger partial charge in [0, 0.05) is 12.5 Å². The van der Waals surface area contributed by atoms with Crippen LogP contribution in [-0.2, 0) is 9.53 Å². The lowest BCUT2D eigenvalue weighted by atomic mass is 9.98. The number of carboxylic acids is 1. The van der Waals surface area contributed by atoms with Gasteiger partial charge in [-0.25, -0.2) is 4.79 Å². The normalized spacial score (nSPS) is 18.7. The fourth-order valence-electron chi connectivity index (χ4n) is 3.45. The number of carbonyl (C=O) groups is 2. The first kappa shape index (κ1) is 16.0. The van der Waals surface area contributed by atoms with E-state index in [1.165, 1.54) is 27.8 Å². The maximum absolute atomic E-state index is 12.3. The van der Waals surface area contributed by atoms with Gasteiger partial charge in [-0.05, 0) is 22.3 Å². The largest absolute Gasteiger partial charge is 0.480 e. The molecule has 4 rings (SSSR count). The molecule has 1 fully saturated rings. The van der Waals surface area contributed by atoms with Gasteiger partial charge in [0.2, 0.25) is 0 Å². The van der Waals surface area contributed by atoms with E-state index in [2.05, 4.69) is 24.3 Å². The molecular formula is C19H17NO4S. The van der Waals surface area contributed by atoms with Crippen LogP contribution in [0.1, 0.15) is 17.0 Å². The summed E-state index contributed by atoms with van der Waals surface area (Å²) in [6.45, 7) is 0.447. The van der Waals surface area contributed by atoms with E-state index in [0.717, 1.165) is 11.1 Å². The van der Waals surface area contributed by atoms with Crippen molar-refractivity contribution >= 4 is 23.8 Å². The molecule has 1 aliphatic heterocycles. The number of ether oxygens (including phenoxy) is 1. The second kappa shape index (κ2) is 6.44. The van der Waals surface area contributed by atoms with Gasteiger partial charge in [0.25, 0.3) is 0 Å². The minimum absolute atomic E-state index is 0.0156. The van der Waals surface area contributed by atoms with Crippen LogP contribution in [0, 0.1) is 0 Å². The highest BCUT2D eigenvalue weighted by atomic mass is 32.2. The first-order valence-corrected chi connectivity index (χ1v) is 9.14. The lowest BCUT2D eigenvalue weighted by molar-refractivity contribution is -0.136. The van der Waals surface area contributed by atoms with Crippen LogP contribution < -0.4 is 0 Å². The number of carboxylic acid groups (broad SMARTS) is 1. The molecule has 1 amide bonds. The van der Waals surface area contributed by atoms with Gasteiger partial charge in [0.15, 0.2) is 0 Å². The Hall–Kier alpha value is -2.47. The lowest BCUT2D eigenvalue weighted by Gasteiger charge is -2.18. The number of fused-ring (bicyclic) bond motifs is 3. The SMILES string of the molecule is O=C(O)[C@@H]1CN(C(=O)OCC2c3ccccc3-c3ccccc32)CS1. The van der Waals surface area contributed by atoms with E-state index in [4.69, 9.17) is 9.84 Å². The summed E-state index contributed by atoms with van der Waals surface area (Å²) in [5.41, 5.74) is 4.69. The molecule has 2 aromatic carbocycles. The number of rotatable bonds is 3. The number of aliphatic carboxylic acids is 1. The molecule has 6 heteroatoms. The molecule has 128 valence electrons. The fourth-order valence-corrected chi connectivity index (χ4v) is 4.45. The van der Waals surface area contributed by atoms with E-state index < -0.39 is 17.3 Å². The molecule has 0 unspecified atom stereocenters. The molecule has 5 nitrogen and oxygen atoms in total. The molecule has 1 atom stereocenters. The summed E-state index contributed by atoms with van der Waals surface area (Å²) >= 11 is 1.25. The fraction of sp³-hybridized carbons (Fsp3) is 0.263. The smallest absolute Gasteiger partial charge is 0.410 e. The zero-order valence-corrected chi connectivity index (χ0v) is 14.2. The first-order valence-electron chi connectivity index (χ1n) is 8.09. The molecule has 0 bridgehead atoms. The number of hydrogen-bond donors (Lipinski definition) is 1. The standard InChI is InChI=1S/C19H17NO4S/c21-18(22)17-9-20(11-25-17)19(23)24-10-16-14-7-3-1-5-12(14)13-6-2-4-8-15(13)16/h1-8,16-17H,9-11H2,(H,21,22)/t17-/m0/s1. The maximum Gasteiger partial charge on any atom is 0.410 e. The summed E-state index contributed by atoms with van der Waals surface area (Å²) in [5, 5.41) is 8.47. The summed E-state index contributed by atoms with van der Waals surface area (Å²) < 4.78 is 5.53. The summed E-state index contributed by atoms with van der Waals surface area (Å²) in [6.07, 6.45) is -0.446. The molecule has 1 heterocycles. The van der Waals surface area contributed by atoms with Crippen LogP contribution >= 0.6 is 11.8 Å². The summed E-state index contributed by atoms with van der Waals surface area (Å²) in [4.78, 5) is 24.8. The molecule has 0 spiro atoms. The highest BCUT2D eigenvalue weighted by molar-refractivity contribution is 8.00. The van der Waals surface area contributed by atoms with Crippen molar-refractivity contribution in [3.05, 3.63) is 59.7 Å². The van der Waals surface area contributed by atoms with Crippen molar-refractivity contribution in [2.45, 2.75) is 11.2 Å². The van der Waals surface area contributed by atoms with Gasteiger partial charge in [-0.15, -0.1) is 11.8 Å². The lowest BCUT2D eigenvalue weighted by Crippen LogP contribution is -2.33. The van der Waals surface area contributed by atoms with Crippen molar-refractivity contribution in [1.29, 1.82) is 0 Å². The Bertz CT molecular complexity index is 792. The third-order valence-corrected chi connectivity index (χ3v) is 5.90.